The zero-order valence-electron chi connectivity index (χ0n) is 40.2. The Kier molecular flexibility index (Phi) is 8.78. The van der Waals surface area contributed by atoms with Crippen molar-refractivity contribution >= 4 is 39.0 Å². The summed E-state index contributed by atoms with van der Waals surface area (Å²) in [4.78, 5) is 2.54. The van der Waals surface area contributed by atoms with Crippen molar-refractivity contribution in [2.24, 2.45) is 5.92 Å². The van der Waals surface area contributed by atoms with Gasteiger partial charge >= 0.3 is 0 Å². The lowest BCUT2D eigenvalue weighted by molar-refractivity contribution is 0.465. The molecule has 2 atom stereocenters. The number of allylic oxidation sites excluding steroid dienone is 4. The number of hydrogen-bond donors (Lipinski definition) is 0. The van der Waals surface area contributed by atoms with Gasteiger partial charge in [0.05, 0.1) is 11.1 Å². The van der Waals surface area contributed by atoms with Crippen molar-refractivity contribution in [3.8, 4) is 55.6 Å². The van der Waals surface area contributed by atoms with Crippen LogP contribution in [0, 0.1) is 5.92 Å². The largest absolute Gasteiger partial charge is 0.456 e. The first-order valence-corrected chi connectivity index (χ1v) is 25.4. The molecule has 0 aliphatic heterocycles. The van der Waals surface area contributed by atoms with Crippen molar-refractivity contribution in [2.75, 3.05) is 4.90 Å². The molecule has 11 aromatic rings. The number of anilines is 3. The molecule has 4 aliphatic carbocycles. The van der Waals surface area contributed by atoms with Gasteiger partial charge in [0.1, 0.15) is 11.2 Å². The highest BCUT2D eigenvalue weighted by Gasteiger charge is 2.57. The molecular weight excluding hydrogens is 871 g/mol. The van der Waals surface area contributed by atoms with Crippen LogP contribution in [0.5, 0.6) is 0 Å². The minimum absolute atomic E-state index is 0.155. The van der Waals surface area contributed by atoms with Gasteiger partial charge in [-0.25, -0.2) is 0 Å². The Labute approximate surface area is 420 Å². The number of hydrogen-bond acceptors (Lipinski definition) is 2. The fraction of sp³-hybridized carbons (Fsp3) is 0.0857. The van der Waals surface area contributed by atoms with Crippen molar-refractivity contribution in [1.29, 1.82) is 0 Å². The molecule has 1 heterocycles. The maximum Gasteiger partial charge on any atom is 0.135 e. The van der Waals surface area contributed by atoms with Gasteiger partial charge in [-0.3, -0.25) is 0 Å². The van der Waals surface area contributed by atoms with Crippen LogP contribution in [-0.4, -0.2) is 0 Å². The van der Waals surface area contributed by atoms with Crippen LogP contribution in [0.25, 0.3) is 77.6 Å². The van der Waals surface area contributed by atoms with E-state index in [4.69, 9.17) is 4.42 Å². The summed E-state index contributed by atoms with van der Waals surface area (Å²) in [6.07, 6.45) is 9.53. The molecule has 1 spiro atoms. The number of benzene rings is 10. The quantitative estimate of drug-likeness (QED) is 0.165. The molecule has 0 fully saturated rings. The highest BCUT2D eigenvalue weighted by molar-refractivity contribution is 6.06. The second-order valence-electron chi connectivity index (χ2n) is 20.7. The Morgan fingerprint density at radius 3 is 1.72 bits per heavy atom. The lowest BCUT2D eigenvalue weighted by Gasteiger charge is -2.36. The van der Waals surface area contributed by atoms with Crippen LogP contribution in [0.3, 0.4) is 0 Å². The van der Waals surface area contributed by atoms with Gasteiger partial charge in [0.25, 0.3) is 0 Å². The number of furan rings is 1. The van der Waals surface area contributed by atoms with Crippen molar-refractivity contribution < 1.29 is 4.42 Å². The average Bonchev–Trinajstić information content (AvgIpc) is 4.14. The molecular formula is C70H49NO. The first-order valence-electron chi connectivity index (χ1n) is 25.4. The number of rotatable bonds is 6. The Morgan fingerprint density at radius 1 is 0.375 bits per heavy atom. The number of fused-ring (bicyclic) bond motifs is 16. The molecule has 2 heteroatoms. The summed E-state index contributed by atoms with van der Waals surface area (Å²) in [5.74, 6) is 0.354. The zero-order chi connectivity index (χ0) is 47.7. The molecule has 340 valence electrons. The van der Waals surface area contributed by atoms with E-state index in [1.54, 1.807) is 0 Å². The second-order valence-corrected chi connectivity index (χ2v) is 20.7. The van der Waals surface area contributed by atoms with E-state index in [1.807, 2.05) is 6.07 Å². The first-order chi connectivity index (χ1) is 35.5. The van der Waals surface area contributed by atoms with Crippen LogP contribution in [0.4, 0.5) is 17.1 Å². The van der Waals surface area contributed by atoms with E-state index in [2.05, 4.69) is 261 Å². The molecule has 0 saturated heterocycles. The fourth-order valence-electron chi connectivity index (χ4n) is 13.6. The van der Waals surface area contributed by atoms with E-state index in [1.165, 1.54) is 77.9 Å². The van der Waals surface area contributed by atoms with E-state index in [0.717, 1.165) is 50.1 Å². The number of nitrogens with zero attached hydrogens (tertiary/aromatic N) is 1. The minimum atomic E-state index is -0.346. The van der Waals surface area contributed by atoms with Gasteiger partial charge in [0, 0.05) is 45.0 Å². The molecule has 0 amide bonds. The summed E-state index contributed by atoms with van der Waals surface area (Å²) in [6.45, 7) is 4.76. The predicted molar refractivity (Wildman–Crippen MR) is 299 cm³/mol. The van der Waals surface area contributed by atoms with Crippen molar-refractivity contribution in [1.82, 2.24) is 0 Å². The lowest BCUT2D eigenvalue weighted by atomic mass is 9.65. The Balaban J connectivity index is 1.01. The second kappa shape index (κ2) is 15.4. The summed E-state index contributed by atoms with van der Waals surface area (Å²) < 4.78 is 6.37. The Bertz CT molecular complexity index is 4040. The van der Waals surface area contributed by atoms with Gasteiger partial charge in [-0.05, 0) is 132 Å². The molecule has 0 bridgehead atoms. The molecule has 4 aliphatic rings. The topological polar surface area (TPSA) is 16.4 Å². The molecule has 10 aromatic carbocycles. The van der Waals surface area contributed by atoms with Crippen LogP contribution >= 0.6 is 0 Å². The molecule has 0 radical (unpaired) electrons. The predicted octanol–water partition coefficient (Wildman–Crippen LogP) is 18.5. The monoisotopic (exact) mass is 919 g/mol. The maximum atomic E-state index is 6.37. The van der Waals surface area contributed by atoms with E-state index in [0.29, 0.717) is 0 Å². The molecule has 2 unspecified atom stereocenters. The van der Waals surface area contributed by atoms with Gasteiger partial charge in [0.15, 0.2) is 0 Å². The van der Waals surface area contributed by atoms with E-state index < -0.39 is 0 Å². The van der Waals surface area contributed by atoms with Crippen molar-refractivity contribution in [3.05, 3.63) is 282 Å². The highest BCUT2D eigenvalue weighted by Crippen LogP contribution is 2.67. The molecule has 0 N–H and O–H groups in total. The third-order valence-electron chi connectivity index (χ3n) is 16.8. The summed E-state index contributed by atoms with van der Waals surface area (Å²) in [5.41, 5.74) is 25.3. The standard InChI is InChI=1S/C70H49NO/c1-69(2)59-25-11-6-19-50(59)53-39-37-49(43-64(53)69)71(48-35-31-45(32-36-48)44-17-4-3-5-18-44)65-42-47(46-34-40-67-58(41-46)55-22-10-15-30-66(55)72-67)33-38-54(65)56-24-16-29-63-68(56)57-23-9-14-28-62(57)70(63)60-26-12-7-20-51(60)52-21-8-13-27-61(52)70/h3-43,57,62H,1-2H3. The third-order valence-corrected chi connectivity index (χ3v) is 16.8. The average molecular weight is 920 g/mol. The summed E-state index contributed by atoms with van der Waals surface area (Å²) in [6, 6.07) is 83.8. The molecule has 15 rings (SSSR count). The Hall–Kier alpha value is -8.72. The van der Waals surface area contributed by atoms with E-state index >= 15 is 0 Å². The highest BCUT2D eigenvalue weighted by atomic mass is 16.3. The van der Waals surface area contributed by atoms with Crippen molar-refractivity contribution in [3.63, 3.8) is 0 Å². The molecule has 0 saturated carbocycles. The van der Waals surface area contributed by atoms with Crippen LogP contribution in [0.2, 0.25) is 0 Å². The zero-order valence-corrected chi connectivity index (χ0v) is 40.2. The van der Waals surface area contributed by atoms with Crippen LogP contribution in [-0.2, 0) is 10.8 Å². The van der Waals surface area contributed by atoms with Gasteiger partial charge in [0.2, 0.25) is 0 Å². The number of para-hydroxylation sites is 1. The van der Waals surface area contributed by atoms with E-state index in [9.17, 15) is 0 Å². The molecule has 72 heavy (non-hydrogen) atoms. The normalized spacial score (nSPS) is 16.9. The van der Waals surface area contributed by atoms with Gasteiger partial charge in [-0.15, -0.1) is 0 Å². The van der Waals surface area contributed by atoms with Crippen molar-refractivity contribution in [2.45, 2.75) is 30.6 Å². The minimum Gasteiger partial charge on any atom is -0.456 e. The summed E-state index contributed by atoms with van der Waals surface area (Å²) in [5, 5.41) is 2.25. The van der Waals surface area contributed by atoms with Crippen LogP contribution < -0.4 is 4.90 Å². The SMILES string of the molecule is CC1(C)c2ccccc2-c2ccc(N(c3ccc(-c4ccccc4)cc3)c3cc(-c4ccc5oc6ccccc6c5c4)ccc3-c3cccc4c3C3C=CC=CC3C43c4ccccc4-c4ccccc43)cc21. The smallest absolute Gasteiger partial charge is 0.135 e. The fourth-order valence-corrected chi connectivity index (χ4v) is 13.6. The lowest BCUT2D eigenvalue weighted by Crippen LogP contribution is -2.32. The maximum absolute atomic E-state index is 6.37. The van der Waals surface area contributed by atoms with Gasteiger partial charge < -0.3 is 9.32 Å². The Morgan fingerprint density at radius 2 is 0.931 bits per heavy atom. The van der Waals surface area contributed by atoms with Gasteiger partial charge in [-0.1, -0.05) is 214 Å². The van der Waals surface area contributed by atoms with Gasteiger partial charge in [-0.2, -0.15) is 0 Å². The summed E-state index contributed by atoms with van der Waals surface area (Å²) in [7, 11) is 0. The molecule has 2 nitrogen and oxygen atoms in total. The third kappa shape index (κ3) is 5.72. The van der Waals surface area contributed by atoms with E-state index in [-0.39, 0.29) is 22.7 Å². The summed E-state index contributed by atoms with van der Waals surface area (Å²) >= 11 is 0. The van der Waals surface area contributed by atoms with Crippen LogP contribution in [0.1, 0.15) is 53.1 Å². The molecule has 1 aromatic heterocycles. The first kappa shape index (κ1) is 41.1. The van der Waals surface area contributed by atoms with Crippen LogP contribution in [0.15, 0.2) is 253 Å².